The predicted molar refractivity (Wildman–Crippen MR) is 106 cm³/mol. The van der Waals surface area contributed by atoms with Crippen molar-refractivity contribution < 1.29 is 13.9 Å². The third-order valence-electron chi connectivity index (χ3n) is 4.48. The SMILES string of the molecule is COc1cc(C)cc2oc(=O)c(CC(=O)NCc3ccccc3Cl)c(C)c12. The van der Waals surface area contributed by atoms with Crippen molar-refractivity contribution in [1.29, 1.82) is 0 Å². The lowest BCUT2D eigenvalue weighted by molar-refractivity contribution is -0.120. The molecule has 1 N–H and O–H groups in total. The second kappa shape index (κ2) is 7.84. The van der Waals surface area contributed by atoms with Crippen molar-refractivity contribution >= 4 is 28.5 Å². The largest absolute Gasteiger partial charge is 0.496 e. The molecular weight excluding hydrogens is 366 g/mol. The zero-order valence-corrected chi connectivity index (χ0v) is 16.1. The second-order valence-electron chi connectivity index (χ2n) is 6.38. The summed E-state index contributed by atoms with van der Waals surface area (Å²) >= 11 is 6.10. The van der Waals surface area contributed by atoms with E-state index in [0.717, 1.165) is 11.1 Å². The normalized spacial score (nSPS) is 10.8. The molecule has 5 nitrogen and oxygen atoms in total. The molecule has 0 bridgehead atoms. The molecule has 2 aromatic carbocycles. The Hall–Kier alpha value is -2.79. The summed E-state index contributed by atoms with van der Waals surface area (Å²) in [5, 5.41) is 4.08. The van der Waals surface area contributed by atoms with Crippen LogP contribution in [0.3, 0.4) is 0 Å². The van der Waals surface area contributed by atoms with Gasteiger partial charge in [0.1, 0.15) is 11.3 Å². The number of aryl methyl sites for hydroxylation is 2. The highest BCUT2D eigenvalue weighted by Gasteiger charge is 2.18. The van der Waals surface area contributed by atoms with Crippen LogP contribution in [0.4, 0.5) is 0 Å². The molecule has 3 aromatic rings. The minimum Gasteiger partial charge on any atom is -0.496 e. The van der Waals surface area contributed by atoms with Gasteiger partial charge in [0.2, 0.25) is 5.91 Å². The fourth-order valence-corrected chi connectivity index (χ4v) is 3.26. The number of carbonyl (C=O) groups excluding carboxylic acids is 1. The van der Waals surface area contributed by atoms with Crippen LogP contribution in [-0.2, 0) is 17.8 Å². The van der Waals surface area contributed by atoms with Crippen molar-refractivity contribution in [3.63, 3.8) is 0 Å². The third kappa shape index (κ3) is 3.98. The lowest BCUT2D eigenvalue weighted by Crippen LogP contribution is -2.27. The number of fused-ring (bicyclic) bond motifs is 1. The Morgan fingerprint density at radius 2 is 1.96 bits per heavy atom. The number of benzene rings is 2. The molecule has 27 heavy (non-hydrogen) atoms. The highest BCUT2D eigenvalue weighted by molar-refractivity contribution is 6.31. The minimum atomic E-state index is -0.513. The van der Waals surface area contributed by atoms with Crippen LogP contribution in [-0.4, -0.2) is 13.0 Å². The van der Waals surface area contributed by atoms with Crippen LogP contribution in [0.15, 0.2) is 45.6 Å². The Labute approximate surface area is 161 Å². The van der Waals surface area contributed by atoms with E-state index in [1.54, 1.807) is 26.2 Å². The number of nitrogens with one attached hydrogen (secondary N) is 1. The van der Waals surface area contributed by atoms with Crippen LogP contribution in [0.2, 0.25) is 5.02 Å². The van der Waals surface area contributed by atoms with Crippen LogP contribution in [0.1, 0.15) is 22.3 Å². The Balaban J connectivity index is 1.88. The van der Waals surface area contributed by atoms with Crippen LogP contribution < -0.4 is 15.7 Å². The Morgan fingerprint density at radius 1 is 1.22 bits per heavy atom. The van der Waals surface area contributed by atoms with Crippen LogP contribution in [0.5, 0.6) is 5.75 Å². The first kappa shape index (κ1) is 19.0. The van der Waals surface area contributed by atoms with E-state index < -0.39 is 5.63 Å². The van der Waals surface area contributed by atoms with Gasteiger partial charge in [-0.05, 0) is 48.7 Å². The molecule has 0 aliphatic heterocycles. The summed E-state index contributed by atoms with van der Waals surface area (Å²) in [6, 6.07) is 10.9. The van der Waals surface area contributed by atoms with Crippen molar-refractivity contribution in [2.75, 3.05) is 7.11 Å². The molecule has 0 radical (unpaired) electrons. The first-order chi connectivity index (χ1) is 12.9. The minimum absolute atomic E-state index is 0.0778. The summed E-state index contributed by atoms with van der Waals surface area (Å²) in [4.78, 5) is 24.8. The quantitative estimate of drug-likeness (QED) is 0.675. The molecule has 0 saturated heterocycles. The van der Waals surface area contributed by atoms with Gasteiger partial charge in [-0.1, -0.05) is 29.8 Å². The van der Waals surface area contributed by atoms with E-state index in [2.05, 4.69) is 5.32 Å². The molecule has 1 aromatic heterocycles. The Morgan fingerprint density at radius 3 is 2.67 bits per heavy atom. The molecule has 140 valence electrons. The molecule has 0 saturated carbocycles. The second-order valence-corrected chi connectivity index (χ2v) is 6.79. The Bertz CT molecular complexity index is 1070. The summed E-state index contributed by atoms with van der Waals surface area (Å²) in [7, 11) is 1.56. The third-order valence-corrected chi connectivity index (χ3v) is 4.85. The number of ether oxygens (including phenoxy) is 1. The first-order valence-corrected chi connectivity index (χ1v) is 8.89. The molecule has 0 aliphatic rings. The lowest BCUT2D eigenvalue weighted by atomic mass is 10.0. The summed E-state index contributed by atoms with van der Waals surface area (Å²) in [6.07, 6.45) is -0.0778. The van der Waals surface area contributed by atoms with Crippen molar-refractivity contribution in [3.05, 3.63) is 74.1 Å². The van der Waals surface area contributed by atoms with Crippen molar-refractivity contribution in [1.82, 2.24) is 5.32 Å². The monoisotopic (exact) mass is 385 g/mol. The fraction of sp³-hybridized carbons (Fsp3) is 0.238. The molecule has 6 heteroatoms. The first-order valence-electron chi connectivity index (χ1n) is 8.51. The van der Waals surface area contributed by atoms with Gasteiger partial charge < -0.3 is 14.5 Å². The van der Waals surface area contributed by atoms with Gasteiger partial charge in [-0.2, -0.15) is 0 Å². The van der Waals surface area contributed by atoms with Crippen LogP contribution in [0.25, 0.3) is 11.0 Å². The maximum atomic E-state index is 12.4. The molecule has 3 rings (SSSR count). The van der Waals surface area contributed by atoms with E-state index in [4.69, 9.17) is 20.8 Å². The molecular formula is C21H20ClNO4. The summed E-state index contributed by atoms with van der Waals surface area (Å²) in [6.45, 7) is 3.99. The maximum Gasteiger partial charge on any atom is 0.340 e. The fourth-order valence-electron chi connectivity index (χ4n) is 3.06. The van der Waals surface area contributed by atoms with E-state index in [-0.39, 0.29) is 12.3 Å². The zero-order valence-electron chi connectivity index (χ0n) is 15.4. The smallest absolute Gasteiger partial charge is 0.340 e. The number of amides is 1. The predicted octanol–water partition coefficient (Wildman–Crippen LogP) is 3.93. The number of halogens is 1. The highest BCUT2D eigenvalue weighted by Crippen LogP contribution is 2.30. The summed E-state index contributed by atoms with van der Waals surface area (Å²) in [5.74, 6) is 0.333. The summed E-state index contributed by atoms with van der Waals surface area (Å²) < 4.78 is 10.9. The number of hydrogen-bond donors (Lipinski definition) is 1. The van der Waals surface area contributed by atoms with Gasteiger partial charge in [-0.15, -0.1) is 0 Å². The summed E-state index contributed by atoms with van der Waals surface area (Å²) in [5.41, 5.74) is 2.68. The van der Waals surface area contributed by atoms with Gasteiger partial charge in [0.15, 0.2) is 0 Å². The molecule has 0 spiro atoms. The topological polar surface area (TPSA) is 68.5 Å². The molecule has 0 atom stereocenters. The average Bonchev–Trinajstić information content (AvgIpc) is 2.63. The molecule has 0 unspecified atom stereocenters. The van der Waals surface area contributed by atoms with E-state index in [1.807, 2.05) is 31.2 Å². The zero-order chi connectivity index (χ0) is 19.6. The van der Waals surface area contributed by atoms with Crippen LogP contribution >= 0.6 is 11.6 Å². The van der Waals surface area contributed by atoms with E-state index in [0.29, 0.717) is 39.4 Å². The standard InChI is InChI=1S/C21H20ClNO4/c1-12-8-17(26-3)20-13(2)15(21(25)27-18(20)9-12)10-19(24)23-11-14-6-4-5-7-16(14)22/h4-9H,10-11H2,1-3H3,(H,23,24). The lowest BCUT2D eigenvalue weighted by Gasteiger charge is -2.12. The molecule has 1 heterocycles. The van der Waals surface area contributed by atoms with Gasteiger partial charge in [0.05, 0.1) is 24.5 Å². The van der Waals surface area contributed by atoms with Crippen molar-refractivity contribution in [3.8, 4) is 5.75 Å². The van der Waals surface area contributed by atoms with Gasteiger partial charge in [0, 0.05) is 11.6 Å². The van der Waals surface area contributed by atoms with Gasteiger partial charge in [-0.25, -0.2) is 4.79 Å². The van der Waals surface area contributed by atoms with Gasteiger partial charge in [0.25, 0.3) is 0 Å². The highest BCUT2D eigenvalue weighted by atomic mass is 35.5. The average molecular weight is 386 g/mol. The van der Waals surface area contributed by atoms with Gasteiger partial charge >= 0.3 is 5.63 Å². The molecule has 0 fully saturated rings. The number of carbonyl (C=O) groups is 1. The number of rotatable bonds is 5. The van der Waals surface area contributed by atoms with Gasteiger partial charge in [-0.3, -0.25) is 4.79 Å². The molecule has 0 aliphatic carbocycles. The molecule has 1 amide bonds. The number of hydrogen-bond acceptors (Lipinski definition) is 4. The van der Waals surface area contributed by atoms with Crippen molar-refractivity contribution in [2.24, 2.45) is 0 Å². The Kier molecular flexibility index (Phi) is 5.51. The number of methoxy groups -OCH3 is 1. The maximum absolute atomic E-state index is 12.4. The van der Waals surface area contributed by atoms with E-state index >= 15 is 0 Å². The van der Waals surface area contributed by atoms with Crippen LogP contribution in [0, 0.1) is 13.8 Å². The van der Waals surface area contributed by atoms with Crippen molar-refractivity contribution in [2.45, 2.75) is 26.8 Å². The van der Waals surface area contributed by atoms with E-state index in [1.165, 1.54) is 0 Å². The van der Waals surface area contributed by atoms with E-state index in [9.17, 15) is 9.59 Å².